The van der Waals surface area contributed by atoms with Gasteiger partial charge in [0, 0.05) is 37.9 Å². The number of sulfone groups is 1. The number of hydrogen-bond acceptors (Lipinski definition) is 4. The molecule has 2 aromatic carbocycles. The van der Waals surface area contributed by atoms with Gasteiger partial charge in [0.15, 0.2) is 9.84 Å². The Morgan fingerprint density at radius 1 is 1.04 bits per heavy atom. The molecule has 0 radical (unpaired) electrons. The molecule has 3 aromatic rings. The number of nitrogens with zero attached hydrogens (tertiary/aromatic N) is 2. The second kappa shape index (κ2) is 8.50. The van der Waals surface area contributed by atoms with Crippen molar-refractivity contribution < 1.29 is 8.42 Å². The summed E-state index contributed by atoms with van der Waals surface area (Å²) >= 11 is 0. The molecule has 0 unspecified atom stereocenters. The van der Waals surface area contributed by atoms with E-state index in [0.717, 1.165) is 11.4 Å². The topological polar surface area (TPSA) is 64.0 Å². The fourth-order valence-electron chi connectivity index (χ4n) is 3.18. The highest BCUT2D eigenvalue weighted by atomic mass is 32.2. The third kappa shape index (κ3) is 5.05. The predicted octanol–water partition coefficient (Wildman–Crippen LogP) is 3.16. The van der Waals surface area contributed by atoms with E-state index in [1.54, 1.807) is 30.5 Å². The molecule has 0 aliphatic heterocycles. The van der Waals surface area contributed by atoms with Gasteiger partial charge in [-0.1, -0.05) is 48.5 Å². The smallest absolute Gasteiger partial charge is 0.179 e. The van der Waals surface area contributed by atoms with Gasteiger partial charge in [0.1, 0.15) is 5.82 Å². The monoisotopic (exact) mass is 383 g/mol. The van der Waals surface area contributed by atoms with Crippen LogP contribution in [0.25, 0.3) is 0 Å². The fraction of sp³-hybridized carbons (Fsp3) is 0.286. The molecule has 0 aliphatic carbocycles. The first-order chi connectivity index (χ1) is 13.0. The highest BCUT2D eigenvalue weighted by Crippen LogP contribution is 2.19. The minimum Gasteiger partial charge on any atom is -0.338 e. The van der Waals surface area contributed by atoms with Crippen LogP contribution in [0.15, 0.2) is 78.0 Å². The van der Waals surface area contributed by atoms with E-state index in [9.17, 15) is 8.42 Å². The summed E-state index contributed by atoms with van der Waals surface area (Å²) < 4.78 is 27.3. The van der Waals surface area contributed by atoms with Crippen LogP contribution < -0.4 is 5.32 Å². The second-order valence-corrected chi connectivity index (χ2v) is 8.82. The zero-order valence-electron chi connectivity index (χ0n) is 15.6. The number of hydrogen-bond donors (Lipinski definition) is 1. The van der Waals surface area contributed by atoms with Crippen molar-refractivity contribution in [1.82, 2.24) is 14.9 Å². The molecule has 27 heavy (non-hydrogen) atoms. The van der Waals surface area contributed by atoms with Gasteiger partial charge in [-0.05, 0) is 24.6 Å². The number of aromatic nitrogens is 2. The molecule has 6 heteroatoms. The number of rotatable bonds is 8. The van der Waals surface area contributed by atoms with E-state index in [4.69, 9.17) is 0 Å². The van der Waals surface area contributed by atoms with Gasteiger partial charge in [-0.2, -0.15) is 0 Å². The van der Waals surface area contributed by atoms with Crippen molar-refractivity contribution in [2.24, 2.45) is 7.05 Å². The predicted molar refractivity (Wildman–Crippen MR) is 107 cm³/mol. The molecule has 0 fully saturated rings. The van der Waals surface area contributed by atoms with Crippen LogP contribution in [0, 0.1) is 0 Å². The lowest BCUT2D eigenvalue weighted by molar-refractivity contribution is 0.460. The SMILES string of the molecule is C[C@H](CS(=O)(=O)c1ccccc1)N[C@@H](Cc1nccn1C)c1ccccc1. The summed E-state index contributed by atoms with van der Waals surface area (Å²) in [5, 5.41) is 3.49. The molecule has 0 amide bonds. The van der Waals surface area contributed by atoms with Gasteiger partial charge in [0.25, 0.3) is 0 Å². The van der Waals surface area contributed by atoms with E-state index >= 15 is 0 Å². The minimum absolute atomic E-state index is 0.0201. The normalized spacial score (nSPS) is 14.0. The standard InChI is InChI=1S/C21H25N3O2S/c1-17(16-27(25,26)19-11-7-4-8-12-19)23-20(18-9-5-3-6-10-18)15-21-22-13-14-24(21)2/h3-14,17,20,23H,15-16H2,1-2H3/t17-,20+/m1/s1. The van der Waals surface area contributed by atoms with Crippen LogP contribution in [-0.4, -0.2) is 29.8 Å². The van der Waals surface area contributed by atoms with E-state index in [1.807, 2.05) is 49.0 Å². The molecule has 0 spiro atoms. The van der Waals surface area contributed by atoms with Gasteiger partial charge >= 0.3 is 0 Å². The molecular formula is C21H25N3O2S. The zero-order chi connectivity index (χ0) is 19.3. The Hall–Kier alpha value is -2.44. The molecule has 0 aliphatic rings. The number of imidazole rings is 1. The van der Waals surface area contributed by atoms with Crippen molar-refractivity contribution in [2.75, 3.05) is 5.75 Å². The summed E-state index contributed by atoms with van der Waals surface area (Å²) in [6, 6.07) is 18.4. The van der Waals surface area contributed by atoms with Gasteiger partial charge in [-0.25, -0.2) is 13.4 Å². The molecule has 0 bridgehead atoms. The third-order valence-corrected chi connectivity index (χ3v) is 6.50. The highest BCUT2D eigenvalue weighted by Gasteiger charge is 2.22. The zero-order valence-corrected chi connectivity index (χ0v) is 16.4. The van der Waals surface area contributed by atoms with Gasteiger partial charge < -0.3 is 9.88 Å². The lowest BCUT2D eigenvalue weighted by atomic mass is 10.0. The lowest BCUT2D eigenvalue weighted by Crippen LogP contribution is -2.37. The Morgan fingerprint density at radius 3 is 2.26 bits per heavy atom. The molecule has 0 saturated carbocycles. The molecule has 1 heterocycles. The van der Waals surface area contributed by atoms with Crippen LogP contribution in [0.3, 0.4) is 0 Å². The highest BCUT2D eigenvalue weighted by molar-refractivity contribution is 7.91. The van der Waals surface area contributed by atoms with Crippen LogP contribution in [0.1, 0.15) is 24.4 Å². The molecule has 142 valence electrons. The number of nitrogens with one attached hydrogen (secondary N) is 1. The molecule has 5 nitrogen and oxygen atoms in total. The van der Waals surface area contributed by atoms with Crippen molar-refractivity contribution in [2.45, 2.75) is 30.3 Å². The molecule has 3 rings (SSSR count). The van der Waals surface area contributed by atoms with Crippen molar-refractivity contribution >= 4 is 9.84 Å². The van der Waals surface area contributed by atoms with Crippen molar-refractivity contribution in [1.29, 1.82) is 0 Å². The fourth-order valence-corrected chi connectivity index (χ4v) is 4.70. The maximum atomic E-state index is 12.7. The number of benzene rings is 2. The Morgan fingerprint density at radius 2 is 1.67 bits per heavy atom. The summed E-state index contributed by atoms with van der Waals surface area (Å²) in [7, 11) is -1.37. The van der Waals surface area contributed by atoms with Crippen molar-refractivity contribution in [3.63, 3.8) is 0 Å². The molecule has 1 aromatic heterocycles. The summed E-state index contributed by atoms with van der Waals surface area (Å²) in [6.07, 6.45) is 4.38. The largest absolute Gasteiger partial charge is 0.338 e. The van der Waals surface area contributed by atoms with E-state index in [1.165, 1.54) is 0 Å². The quantitative estimate of drug-likeness (QED) is 0.649. The molecule has 1 N–H and O–H groups in total. The Balaban J connectivity index is 1.76. The Bertz CT molecular complexity index is 953. The average molecular weight is 384 g/mol. The lowest BCUT2D eigenvalue weighted by Gasteiger charge is -2.24. The van der Waals surface area contributed by atoms with Crippen LogP contribution in [0.5, 0.6) is 0 Å². The maximum absolute atomic E-state index is 12.7. The third-order valence-electron chi connectivity index (χ3n) is 4.57. The van der Waals surface area contributed by atoms with Gasteiger partial charge in [0.2, 0.25) is 0 Å². The Kier molecular flexibility index (Phi) is 6.08. The van der Waals surface area contributed by atoms with E-state index in [0.29, 0.717) is 11.3 Å². The van der Waals surface area contributed by atoms with E-state index in [-0.39, 0.29) is 17.8 Å². The summed E-state index contributed by atoms with van der Waals surface area (Å²) in [5.41, 5.74) is 1.12. The van der Waals surface area contributed by atoms with Crippen LogP contribution in [0.2, 0.25) is 0 Å². The first kappa shape index (κ1) is 19.3. The van der Waals surface area contributed by atoms with Gasteiger partial charge in [-0.3, -0.25) is 0 Å². The summed E-state index contributed by atoms with van der Waals surface area (Å²) in [4.78, 5) is 4.78. The van der Waals surface area contributed by atoms with Crippen LogP contribution in [-0.2, 0) is 23.3 Å². The minimum atomic E-state index is -3.34. The van der Waals surface area contributed by atoms with Crippen molar-refractivity contribution in [3.05, 3.63) is 84.4 Å². The summed E-state index contributed by atoms with van der Waals surface area (Å²) in [6.45, 7) is 1.91. The van der Waals surface area contributed by atoms with E-state index < -0.39 is 9.84 Å². The Labute approximate surface area is 161 Å². The van der Waals surface area contributed by atoms with Gasteiger partial charge in [-0.15, -0.1) is 0 Å². The summed E-state index contributed by atoms with van der Waals surface area (Å²) in [5.74, 6) is 0.996. The van der Waals surface area contributed by atoms with Crippen LogP contribution >= 0.6 is 0 Å². The number of aryl methyl sites for hydroxylation is 1. The first-order valence-corrected chi connectivity index (χ1v) is 10.7. The molecule has 2 atom stereocenters. The second-order valence-electron chi connectivity index (χ2n) is 6.78. The molecule has 0 saturated heterocycles. The van der Waals surface area contributed by atoms with E-state index in [2.05, 4.69) is 22.4 Å². The first-order valence-electron chi connectivity index (χ1n) is 9.01. The van der Waals surface area contributed by atoms with Gasteiger partial charge in [0.05, 0.1) is 10.6 Å². The van der Waals surface area contributed by atoms with Crippen molar-refractivity contribution in [3.8, 4) is 0 Å². The average Bonchev–Trinajstić information content (AvgIpc) is 3.07. The maximum Gasteiger partial charge on any atom is 0.179 e. The molecular weight excluding hydrogens is 358 g/mol. The van der Waals surface area contributed by atoms with Crippen LogP contribution in [0.4, 0.5) is 0 Å².